The van der Waals surface area contributed by atoms with Gasteiger partial charge in [0.25, 0.3) is 5.56 Å². The Hall–Kier alpha value is -2.67. The molecular weight excluding hydrogens is 390 g/mol. The number of hydrogen-bond acceptors (Lipinski definition) is 4. The van der Waals surface area contributed by atoms with Crippen LogP contribution in [0.25, 0.3) is 10.9 Å². The van der Waals surface area contributed by atoms with E-state index in [1.165, 1.54) is 4.68 Å². The molecule has 0 aliphatic heterocycles. The van der Waals surface area contributed by atoms with Crippen LogP contribution >= 0.6 is 11.6 Å². The first-order valence-electron chi connectivity index (χ1n) is 9.54. The Balaban J connectivity index is 2.02. The molecule has 0 radical (unpaired) electrons. The van der Waals surface area contributed by atoms with Crippen molar-refractivity contribution in [2.24, 2.45) is 0 Å². The van der Waals surface area contributed by atoms with Crippen LogP contribution in [0.5, 0.6) is 0 Å². The third kappa shape index (κ3) is 4.19. The van der Waals surface area contributed by atoms with Crippen molar-refractivity contribution in [2.75, 3.05) is 5.32 Å². The number of carbonyl (C=O) groups excluding carboxylic acids is 1. The zero-order valence-corrected chi connectivity index (χ0v) is 18.3. The SMILES string of the molecule is Cc1ccc(NC(=O)Cn2nc(C(C)C)c3cnn(C(C)(C)C)c3c2=O)cc1Cl. The van der Waals surface area contributed by atoms with Gasteiger partial charge < -0.3 is 5.32 Å². The topological polar surface area (TPSA) is 81.8 Å². The molecule has 2 aromatic heterocycles. The van der Waals surface area contributed by atoms with Gasteiger partial charge >= 0.3 is 0 Å². The van der Waals surface area contributed by atoms with Gasteiger partial charge in [0, 0.05) is 16.1 Å². The largest absolute Gasteiger partial charge is 0.324 e. The highest BCUT2D eigenvalue weighted by atomic mass is 35.5. The quantitative estimate of drug-likeness (QED) is 0.696. The van der Waals surface area contributed by atoms with Crippen molar-refractivity contribution in [3.8, 4) is 0 Å². The zero-order valence-electron chi connectivity index (χ0n) is 17.6. The van der Waals surface area contributed by atoms with E-state index in [0.29, 0.717) is 16.2 Å². The van der Waals surface area contributed by atoms with Gasteiger partial charge in [0.15, 0.2) is 0 Å². The van der Waals surface area contributed by atoms with Crippen molar-refractivity contribution in [1.82, 2.24) is 19.6 Å². The molecule has 3 rings (SSSR count). The molecule has 0 aliphatic carbocycles. The molecule has 29 heavy (non-hydrogen) atoms. The van der Waals surface area contributed by atoms with E-state index in [0.717, 1.165) is 16.6 Å². The third-order valence-electron chi connectivity index (χ3n) is 4.64. The van der Waals surface area contributed by atoms with E-state index >= 15 is 0 Å². The molecule has 3 aromatic rings. The molecule has 0 saturated heterocycles. The maximum atomic E-state index is 13.2. The highest BCUT2D eigenvalue weighted by Crippen LogP contribution is 2.25. The van der Waals surface area contributed by atoms with Crippen LogP contribution in [0.3, 0.4) is 0 Å². The molecule has 0 saturated carbocycles. The smallest absolute Gasteiger partial charge is 0.293 e. The lowest BCUT2D eigenvalue weighted by Crippen LogP contribution is -2.34. The molecule has 1 aromatic carbocycles. The summed E-state index contributed by atoms with van der Waals surface area (Å²) in [7, 11) is 0. The van der Waals surface area contributed by atoms with E-state index in [-0.39, 0.29) is 29.5 Å². The summed E-state index contributed by atoms with van der Waals surface area (Å²) in [6.07, 6.45) is 1.68. The number of anilines is 1. The Morgan fingerprint density at radius 3 is 2.55 bits per heavy atom. The van der Waals surface area contributed by atoms with Gasteiger partial charge in [-0.1, -0.05) is 31.5 Å². The number of carbonyl (C=O) groups is 1. The predicted molar refractivity (Wildman–Crippen MR) is 116 cm³/mol. The molecule has 0 fully saturated rings. The minimum Gasteiger partial charge on any atom is -0.324 e. The Morgan fingerprint density at radius 1 is 1.28 bits per heavy atom. The summed E-state index contributed by atoms with van der Waals surface area (Å²) in [6, 6.07) is 5.28. The first kappa shape index (κ1) is 21.0. The van der Waals surface area contributed by atoms with Crippen LogP contribution in [0.4, 0.5) is 5.69 Å². The van der Waals surface area contributed by atoms with Crippen molar-refractivity contribution in [3.05, 3.63) is 51.0 Å². The molecule has 1 N–H and O–H groups in total. The average Bonchev–Trinajstić information content (AvgIpc) is 3.06. The van der Waals surface area contributed by atoms with Crippen LogP contribution < -0.4 is 10.9 Å². The average molecular weight is 416 g/mol. The first-order chi connectivity index (χ1) is 13.5. The van der Waals surface area contributed by atoms with Gasteiger partial charge in [-0.3, -0.25) is 14.3 Å². The number of hydrogen-bond donors (Lipinski definition) is 1. The Labute approximate surface area is 174 Å². The second kappa shape index (κ2) is 7.63. The number of rotatable bonds is 4. The molecule has 0 aliphatic rings. The lowest BCUT2D eigenvalue weighted by Gasteiger charge is -2.21. The highest BCUT2D eigenvalue weighted by Gasteiger charge is 2.24. The minimum absolute atomic E-state index is 0.0703. The fourth-order valence-electron chi connectivity index (χ4n) is 3.14. The van der Waals surface area contributed by atoms with Crippen LogP contribution in [0.2, 0.25) is 5.02 Å². The van der Waals surface area contributed by atoms with Gasteiger partial charge in [-0.05, 0) is 51.3 Å². The molecule has 0 spiro atoms. The number of aryl methyl sites for hydroxylation is 1. The van der Waals surface area contributed by atoms with E-state index in [1.54, 1.807) is 23.0 Å². The molecular formula is C21H26ClN5O2. The summed E-state index contributed by atoms with van der Waals surface area (Å²) in [6.45, 7) is 11.6. The summed E-state index contributed by atoms with van der Waals surface area (Å²) < 4.78 is 2.92. The fourth-order valence-corrected chi connectivity index (χ4v) is 3.32. The van der Waals surface area contributed by atoms with E-state index in [1.807, 2.05) is 47.6 Å². The number of aromatic nitrogens is 4. The molecule has 8 heteroatoms. The minimum atomic E-state index is -0.380. The lowest BCUT2D eigenvalue weighted by atomic mass is 10.1. The standard InChI is InChI=1S/C21H26ClN5O2/c1-12(2)18-15-10-23-27(21(4,5)6)19(15)20(29)26(25-18)11-17(28)24-14-8-7-13(3)16(22)9-14/h7-10,12H,11H2,1-6H3,(H,24,28). The first-order valence-corrected chi connectivity index (χ1v) is 9.92. The van der Waals surface area contributed by atoms with Gasteiger partial charge in [0.1, 0.15) is 12.1 Å². The third-order valence-corrected chi connectivity index (χ3v) is 5.05. The number of amides is 1. The summed E-state index contributed by atoms with van der Waals surface area (Å²) in [5.74, 6) is -0.281. The molecule has 0 unspecified atom stereocenters. The van der Waals surface area contributed by atoms with E-state index in [4.69, 9.17) is 11.6 Å². The lowest BCUT2D eigenvalue weighted by molar-refractivity contribution is -0.117. The Bertz CT molecular complexity index is 1140. The van der Waals surface area contributed by atoms with Gasteiger partial charge in [-0.2, -0.15) is 10.2 Å². The van der Waals surface area contributed by atoms with E-state index in [2.05, 4.69) is 15.5 Å². The number of nitrogens with zero attached hydrogens (tertiary/aromatic N) is 4. The molecule has 2 heterocycles. The van der Waals surface area contributed by atoms with E-state index in [9.17, 15) is 9.59 Å². The van der Waals surface area contributed by atoms with Crippen LogP contribution in [0.15, 0.2) is 29.2 Å². The van der Waals surface area contributed by atoms with Gasteiger partial charge in [-0.15, -0.1) is 0 Å². The zero-order chi connectivity index (χ0) is 21.5. The molecule has 1 amide bonds. The van der Waals surface area contributed by atoms with Crippen LogP contribution in [-0.2, 0) is 16.9 Å². The second-order valence-electron chi connectivity index (χ2n) is 8.50. The number of nitrogens with one attached hydrogen (secondary N) is 1. The van der Waals surface area contributed by atoms with Crippen molar-refractivity contribution in [3.63, 3.8) is 0 Å². The molecule has 0 bridgehead atoms. The maximum Gasteiger partial charge on any atom is 0.293 e. The monoisotopic (exact) mass is 415 g/mol. The van der Waals surface area contributed by atoms with Gasteiger partial charge in [0.05, 0.1) is 17.4 Å². The predicted octanol–water partition coefficient (Wildman–Crippen LogP) is 4.07. The maximum absolute atomic E-state index is 13.2. The van der Waals surface area contributed by atoms with E-state index < -0.39 is 0 Å². The van der Waals surface area contributed by atoms with Crippen molar-refractivity contribution >= 4 is 34.1 Å². The summed E-state index contributed by atoms with van der Waals surface area (Å²) in [5.41, 5.74) is 1.97. The summed E-state index contributed by atoms with van der Waals surface area (Å²) >= 11 is 6.12. The van der Waals surface area contributed by atoms with Gasteiger partial charge in [-0.25, -0.2) is 4.68 Å². The van der Waals surface area contributed by atoms with Crippen LogP contribution in [-0.4, -0.2) is 25.5 Å². The highest BCUT2D eigenvalue weighted by molar-refractivity contribution is 6.31. The number of fused-ring (bicyclic) bond motifs is 1. The molecule has 0 atom stereocenters. The second-order valence-corrected chi connectivity index (χ2v) is 8.91. The molecule has 154 valence electrons. The van der Waals surface area contributed by atoms with Crippen LogP contribution in [0, 0.1) is 6.92 Å². The van der Waals surface area contributed by atoms with Crippen molar-refractivity contribution in [1.29, 1.82) is 0 Å². The number of benzene rings is 1. The van der Waals surface area contributed by atoms with Crippen LogP contribution in [0.1, 0.15) is 51.8 Å². The summed E-state index contributed by atoms with van der Waals surface area (Å²) in [4.78, 5) is 25.7. The Kier molecular flexibility index (Phi) is 5.54. The fraction of sp³-hybridized carbons (Fsp3) is 0.429. The van der Waals surface area contributed by atoms with Crippen molar-refractivity contribution < 1.29 is 4.79 Å². The van der Waals surface area contributed by atoms with Crippen molar-refractivity contribution in [2.45, 2.75) is 59.5 Å². The normalized spacial score (nSPS) is 12.0. The summed E-state index contributed by atoms with van der Waals surface area (Å²) in [5, 5.41) is 13.0. The number of halogens is 1. The van der Waals surface area contributed by atoms with Gasteiger partial charge in [0.2, 0.25) is 5.91 Å². The molecule has 7 nitrogen and oxygen atoms in total. The Morgan fingerprint density at radius 2 is 1.97 bits per heavy atom.